The minimum absolute atomic E-state index is 0.0256. The second-order valence-electron chi connectivity index (χ2n) is 3.48. The van der Waals surface area contributed by atoms with Crippen LogP contribution in [0.1, 0.15) is 19.9 Å². The molecule has 14 heavy (non-hydrogen) atoms. The lowest BCUT2D eigenvalue weighted by Gasteiger charge is -2.09. The first kappa shape index (κ1) is 8.80. The first-order chi connectivity index (χ1) is 6.61. The Hall–Kier alpha value is -1.78. The van der Waals surface area contributed by atoms with Gasteiger partial charge < -0.3 is 4.98 Å². The second kappa shape index (κ2) is 2.87. The van der Waals surface area contributed by atoms with Crippen molar-refractivity contribution in [3.8, 4) is 0 Å². The number of H-pyrrole nitrogens is 2. The van der Waals surface area contributed by atoms with E-state index < -0.39 is 0 Å². The Bertz CT molecular complexity index is 573. The van der Waals surface area contributed by atoms with Gasteiger partial charge in [-0.3, -0.25) is 14.3 Å². The van der Waals surface area contributed by atoms with Gasteiger partial charge in [0.25, 0.3) is 5.56 Å². The summed E-state index contributed by atoms with van der Waals surface area (Å²) in [7, 11) is 0. The molecule has 2 aromatic rings. The van der Waals surface area contributed by atoms with E-state index >= 15 is 0 Å². The average molecular weight is 193 g/mol. The molecule has 0 saturated carbocycles. The van der Waals surface area contributed by atoms with Crippen LogP contribution in [0.2, 0.25) is 0 Å². The normalized spacial score (nSPS) is 11.4. The molecule has 0 radical (unpaired) electrons. The smallest absolute Gasteiger partial charge is 0.329 e. The SMILES string of the molecule is CC(C)n1c(=O)[nH]c(=O)c2c[nH]cc21. The molecule has 2 N–H and O–H groups in total. The molecule has 0 fully saturated rings. The first-order valence-corrected chi connectivity index (χ1v) is 4.42. The molecular weight excluding hydrogens is 182 g/mol. The molecule has 0 spiro atoms. The fourth-order valence-electron chi connectivity index (χ4n) is 1.58. The Morgan fingerprint density at radius 3 is 2.64 bits per heavy atom. The number of hydrogen-bond donors (Lipinski definition) is 2. The summed E-state index contributed by atoms with van der Waals surface area (Å²) in [5.74, 6) is 0. The number of nitrogens with zero attached hydrogens (tertiary/aromatic N) is 1. The minimum atomic E-state index is -0.364. The highest BCUT2D eigenvalue weighted by atomic mass is 16.2. The van der Waals surface area contributed by atoms with Crippen LogP contribution in [0.5, 0.6) is 0 Å². The maximum Gasteiger partial charge on any atom is 0.329 e. The van der Waals surface area contributed by atoms with Gasteiger partial charge in [-0.25, -0.2) is 4.79 Å². The van der Waals surface area contributed by atoms with Crippen molar-refractivity contribution in [1.82, 2.24) is 14.5 Å². The van der Waals surface area contributed by atoms with Gasteiger partial charge >= 0.3 is 5.69 Å². The van der Waals surface area contributed by atoms with Crippen LogP contribution in [-0.2, 0) is 0 Å². The summed E-state index contributed by atoms with van der Waals surface area (Å²) in [6.07, 6.45) is 3.25. The third-order valence-corrected chi connectivity index (χ3v) is 2.18. The van der Waals surface area contributed by atoms with Gasteiger partial charge in [0.15, 0.2) is 0 Å². The quantitative estimate of drug-likeness (QED) is 0.696. The van der Waals surface area contributed by atoms with Crippen LogP contribution in [0.4, 0.5) is 0 Å². The fraction of sp³-hybridized carbons (Fsp3) is 0.333. The molecule has 0 saturated heterocycles. The van der Waals surface area contributed by atoms with E-state index in [1.54, 1.807) is 17.0 Å². The van der Waals surface area contributed by atoms with Crippen molar-refractivity contribution in [3.63, 3.8) is 0 Å². The van der Waals surface area contributed by atoms with E-state index in [4.69, 9.17) is 0 Å². The molecule has 0 amide bonds. The Labute approximate surface area is 79.4 Å². The van der Waals surface area contributed by atoms with E-state index in [2.05, 4.69) is 9.97 Å². The molecule has 74 valence electrons. The highest BCUT2D eigenvalue weighted by Crippen LogP contribution is 2.10. The Morgan fingerprint density at radius 1 is 1.29 bits per heavy atom. The highest BCUT2D eigenvalue weighted by Gasteiger charge is 2.09. The van der Waals surface area contributed by atoms with Crippen molar-refractivity contribution >= 4 is 10.9 Å². The van der Waals surface area contributed by atoms with E-state index in [1.807, 2.05) is 13.8 Å². The summed E-state index contributed by atoms with van der Waals surface area (Å²) in [6.45, 7) is 3.79. The van der Waals surface area contributed by atoms with Crippen molar-refractivity contribution in [1.29, 1.82) is 0 Å². The summed E-state index contributed by atoms with van der Waals surface area (Å²) in [4.78, 5) is 27.9. The third kappa shape index (κ3) is 1.09. The number of nitrogens with one attached hydrogen (secondary N) is 2. The molecule has 0 aliphatic carbocycles. The molecule has 0 aromatic carbocycles. The topological polar surface area (TPSA) is 70.7 Å². The number of aromatic nitrogens is 3. The molecule has 0 unspecified atom stereocenters. The van der Waals surface area contributed by atoms with Crippen molar-refractivity contribution in [2.75, 3.05) is 0 Å². The van der Waals surface area contributed by atoms with Crippen LogP contribution in [0.25, 0.3) is 10.9 Å². The van der Waals surface area contributed by atoms with E-state index in [9.17, 15) is 9.59 Å². The zero-order valence-corrected chi connectivity index (χ0v) is 8.00. The zero-order valence-electron chi connectivity index (χ0n) is 8.00. The van der Waals surface area contributed by atoms with Gasteiger partial charge in [-0.15, -0.1) is 0 Å². The van der Waals surface area contributed by atoms with Gasteiger partial charge in [0.1, 0.15) is 0 Å². The largest absolute Gasteiger partial charge is 0.365 e. The fourth-order valence-corrected chi connectivity index (χ4v) is 1.58. The van der Waals surface area contributed by atoms with E-state index in [0.717, 1.165) is 0 Å². The summed E-state index contributed by atoms with van der Waals surface area (Å²) in [5.41, 5.74) is -0.0611. The first-order valence-electron chi connectivity index (χ1n) is 4.42. The standard InChI is InChI=1S/C9H11N3O2/c1-5(2)12-7-4-10-3-6(7)8(13)11-9(12)14/h3-5,10H,1-2H3,(H,11,13,14). The summed E-state index contributed by atoms with van der Waals surface area (Å²) >= 11 is 0. The van der Waals surface area contributed by atoms with Gasteiger partial charge in [0.2, 0.25) is 0 Å². The molecule has 0 atom stereocenters. The van der Waals surface area contributed by atoms with Crippen molar-refractivity contribution in [2.24, 2.45) is 0 Å². The Kier molecular flexibility index (Phi) is 1.80. The lowest BCUT2D eigenvalue weighted by Crippen LogP contribution is -2.30. The molecule has 5 nitrogen and oxygen atoms in total. The number of fused-ring (bicyclic) bond motifs is 1. The van der Waals surface area contributed by atoms with Crippen LogP contribution < -0.4 is 11.2 Å². The number of rotatable bonds is 1. The van der Waals surface area contributed by atoms with E-state index in [1.165, 1.54) is 0 Å². The monoisotopic (exact) mass is 193 g/mol. The third-order valence-electron chi connectivity index (χ3n) is 2.18. The molecule has 0 aliphatic rings. The maximum absolute atomic E-state index is 11.5. The van der Waals surface area contributed by atoms with Gasteiger partial charge in [-0.05, 0) is 13.8 Å². The van der Waals surface area contributed by atoms with Gasteiger partial charge in [0, 0.05) is 18.4 Å². The molecule has 0 bridgehead atoms. The molecule has 0 aliphatic heterocycles. The summed E-state index contributed by atoms with van der Waals surface area (Å²) < 4.78 is 1.55. The van der Waals surface area contributed by atoms with Gasteiger partial charge in [-0.1, -0.05) is 0 Å². The minimum Gasteiger partial charge on any atom is -0.365 e. The van der Waals surface area contributed by atoms with Crippen LogP contribution in [0, 0.1) is 0 Å². The summed E-state index contributed by atoms with van der Waals surface area (Å²) in [5, 5.41) is 0.512. The molecule has 5 heteroatoms. The Morgan fingerprint density at radius 2 is 2.00 bits per heavy atom. The lowest BCUT2D eigenvalue weighted by molar-refractivity contribution is 0.585. The van der Waals surface area contributed by atoms with E-state index in [-0.39, 0.29) is 17.3 Å². The number of hydrogen-bond acceptors (Lipinski definition) is 2. The van der Waals surface area contributed by atoms with Crippen LogP contribution in [0.3, 0.4) is 0 Å². The Balaban J connectivity index is 3.01. The zero-order chi connectivity index (χ0) is 10.3. The number of aromatic amines is 2. The maximum atomic E-state index is 11.5. The van der Waals surface area contributed by atoms with Crippen LogP contribution >= 0.6 is 0 Å². The van der Waals surface area contributed by atoms with E-state index in [0.29, 0.717) is 10.9 Å². The molecule has 2 heterocycles. The highest BCUT2D eigenvalue weighted by molar-refractivity contribution is 5.77. The van der Waals surface area contributed by atoms with Crippen molar-refractivity contribution in [2.45, 2.75) is 19.9 Å². The second-order valence-corrected chi connectivity index (χ2v) is 3.48. The lowest BCUT2D eigenvalue weighted by atomic mass is 10.3. The predicted molar refractivity (Wildman–Crippen MR) is 53.6 cm³/mol. The van der Waals surface area contributed by atoms with Crippen LogP contribution in [-0.4, -0.2) is 14.5 Å². The average Bonchev–Trinajstić information content (AvgIpc) is 2.51. The summed E-state index contributed by atoms with van der Waals surface area (Å²) in [6, 6.07) is 0.0256. The van der Waals surface area contributed by atoms with Crippen molar-refractivity contribution < 1.29 is 0 Å². The molecule has 2 rings (SSSR count). The van der Waals surface area contributed by atoms with Gasteiger partial charge in [-0.2, -0.15) is 0 Å². The van der Waals surface area contributed by atoms with Crippen LogP contribution in [0.15, 0.2) is 22.0 Å². The van der Waals surface area contributed by atoms with Crippen molar-refractivity contribution in [3.05, 3.63) is 33.2 Å². The van der Waals surface area contributed by atoms with Gasteiger partial charge in [0.05, 0.1) is 10.9 Å². The molecule has 2 aromatic heterocycles. The molecular formula is C9H11N3O2. The predicted octanol–water partition coefficient (Wildman–Crippen LogP) is 0.599.